The minimum Gasteiger partial charge on any atom is -0.365 e. The maximum Gasteiger partial charge on any atom is 0.319 e. The van der Waals surface area contributed by atoms with Gasteiger partial charge in [0, 0.05) is 6.54 Å². The average molecular weight is 270 g/mol. The van der Waals surface area contributed by atoms with E-state index >= 15 is 0 Å². The summed E-state index contributed by atoms with van der Waals surface area (Å²) in [5, 5.41) is 5.60. The number of nitrogens with zero attached hydrogens (tertiary/aromatic N) is 1. The highest BCUT2D eigenvalue weighted by Gasteiger charge is 2.19. The third-order valence-electron chi connectivity index (χ3n) is 2.34. The minimum atomic E-state index is -0.554. The zero-order chi connectivity index (χ0) is 13.5. The molecule has 0 atom stereocenters. The van der Waals surface area contributed by atoms with Crippen LogP contribution in [0.15, 0.2) is 0 Å². The second-order valence-electron chi connectivity index (χ2n) is 3.79. The quantitative estimate of drug-likeness (QED) is 0.734. The van der Waals surface area contributed by atoms with Crippen LogP contribution in [0.5, 0.6) is 0 Å². The van der Waals surface area contributed by atoms with Gasteiger partial charge in [-0.05, 0) is 31.3 Å². The zero-order valence-corrected chi connectivity index (χ0v) is 11.4. The van der Waals surface area contributed by atoms with E-state index in [1.165, 1.54) is 0 Å². The first-order valence-electron chi connectivity index (χ1n) is 5.93. The van der Waals surface area contributed by atoms with E-state index in [1.807, 2.05) is 6.92 Å². The molecule has 100 valence electrons. The molecule has 0 aliphatic carbocycles. The number of aryl methyl sites for hydroxylation is 1. The fourth-order valence-corrected chi connectivity index (χ4v) is 2.32. The first-order valence-corrected chi connectivity index (χ1v) is 6.70. The van der Waals surface area contributed by atoms with Gasteiger partial charge in [0.05, 0.1) is 11.3 Å². The molecule has 1 rings (SSSR count). The molecule has 0 aromatic carbocycles. The average Bonchev–Trinajstić information content (AvgIpc) is 2.69. The van der Waals surface area contributed by atoms with Crippen molar-refractivity contribution in [3.63, 3.8) is 0 Å². The predicted octanol–water partition coefficient (Wildman–Crippen LogP) is 1.73. The zero-order valence-electron chi connectivity index (χ0n) is 10.6. The van der Waals surface area contributed by atoms with Crippen molar-refractivity contribution in [2.75, 3.05) is 11.9 Å². The van der Waals surface area contributed by atoms with Crippen molar-refractivity contribution < 1.29 is 9.59 Å². The van der Waals surface area contributed by atoms with E-state index in [4.69, 9.17) is 5.73 Å². The number of primary amides is 1. The molecular formula is C11H18N4O2S. The summed E-state index contributed by atoms with van der Waals surface area (Å²) in [7, 11) is 0. The Kier molecular flexibility index (Phi) is 5.57. The maximum absolute atomic E-state index is 11.4. The molecule has 3 amide bonds. The Bertz CT molecular complexity index is 431. The largest absolute Gasteiger partial charge is 0.365 e. The Morgan fingerprint density at radius 3 is 2.67 bits per heavy atom. The molecule has 1 aromatic heterocycles. The van der Waals surface area contributed by atoms with Gasteiger partial charge in [-0.1, -0.05) is 13.3 Å². The molecule has 0 bridgehead atoms. The Morgan fingerprint density at radius 2 is 2.11 bits per heavy atom. The minimum absolute atomic E-state index is 0.333. The van der Waals surface area contributed by atoms with Crippen molar-refractivity contribution in [1.29, 1.82) is 0 Å². The van der Waals surface area contributed by atoms with Crippen LogP contribution in [0.4, 0.5) is 9.80 Å². The SMILES string of the molecule is CCCCc1nsc(NC(=O)NCC)c1C(N)=O. The van der Waals surface area contributed by atoms with Crippen LogP contribution in [-0.4, -0.2) is 22.9 Å². The summed E-state index contributed by atoms with van der Waals surface area (Å²) in [5.74, 6) is -0.554. The Hall–Kier alpha value is -1.63. The van der Waals surface area contributed by atoms with Gasteiger partial charge in [-0.2, -0.15) is 4.37 Å². The van der Waals surface area contributed by atoms with Crippen molar-refractivity contribution in [3.8, 4) is 0 Å². The summed E-state index contributed by atoms with van der Waals surface area (Å²) in [6.45, 7) is 4.39. The second kappa shape index (κ2) is 6.95. The molecule has 18 heavy (non-hydrogen) atoms. The summed E-state index contributed by atoms with van der Waals surface area (Å²) < 4.78 is 4.19. The molecule has 7 heteroatoms. The smallest absolute Gasteiger partial charge is 0.319 e. The molecule has 0 radical (unpaired) electrons. The van der Waals surface area contributed by atoms with Crippen molar-refractivity contribution in [2.45, 2.75) is 33.1 Å². The molecular weight excluding hydrogens is 252 g/mol. The first kappa shape index (κ1) is 14.4. The third kappa shape index (κ3) is 3.69. The summed E-state index contributed by atoms with van der Waals surface area (Å²) in [6, 6.07) is -0.356. The lowest BCUT2D eigenvalue weighted by Gasteiger charge is -2.05. The van der Waals surface area contributed by atoms with Gasteiger partial charge >= 0.3 is 6.03 Å². The number of carbonyl (C=O) groups is 2. The van der Waals surface area contributed by atoms with Crippen LogP contribution < -0.4 is 16.4 Å². The van der Waals surface area contributed by atoms with E-state index < -0.39 is 5.91 Å². The number of rotatable bonds is 6. The Morgan fingerprint density at radius 1 is 1.39 bits per heavy atom. The maximum atomic E-state index is 11.4. The summed E-state index contributed by atoms with van der Waals surface area (Å²) >= 11 is 1.09. The van der Waals surface area contributed by atoms with Gasteiger partial charge in [-0.15, -0.1) is 0 Å². The molecule has 0 spiro atoms. The van der Waals surface area contributed by atoms with Gasteiger partial charge in [0.2, 0.25) is 0 Å². The number of unbranched alkanes of at least 4 members (excludes halogenated alkanes) is 1. The van der Waals surface area contributed by atoms with Gasteiger partial charge in [0.1, 0.15) is 5.00 Å². The highest BCUT2D eigenvalue weighted by molar-refractivity contribution is 7.11. The highest BCUT2D eigenvalue weighted by atomic mass is 32.1. The van der Waals surface area contributed by atoms with E-state index in [0.29, 0.717) is 29.2 Å². The third-order valence-corrected chi connectivity index (χ3v) is 3.14. The van der Waals surface area contributed by atoms with Crippen LogP contribution >= 0.6 is 11.5 Å². The number of urea groups is 1. The van der Waals surface area contributed by atoms with Crippen LogP contribution in [-0.2, 0) is 6.42 Å². The van der Waals surface area contributed by atoms with Crippen LogP contribution in [0.2, 0.25) is 0 Å². The van der Waals surface area contributed by atoms with E-state index in [0.717, 1.165) is 24.4 Å². The normalized spacial score (nSPS) is 10.1. The summed E-state index contributed by atoms with van der Waals surface area (Å²) in [6.07, 6.45) is 2.64. The molecule has 0 saturated carbocycles. The topological polar surface area (TPSA) is 97.1 Å². The monoisotopic (exact) mass is 270 g/mol. The van der Waals surface area contributed by atoms with Crippen molar-refractivity contribution >= 4 is 28.5 Å². The Labute approximate surface area is 110 Å². The second-order valence-corrected chi connectivity index (χ2v) is 4.56. The number of amides is 3. The van der Waals surface area contributed by atoms with Crippen LogP contribution in [0, 0.1) is 0 Å². The lowest BCUT2D eigenvalue weighted by Crippen LogP contribution is -2.29. The molecule has 0 unspecified atom stereocenters. The molecule has 0 saturated heterocycles. The van der Waals surface area contributed by atoms with Gasteiger partial charge in [-0.25, -0.2) is 4.79 Å². The summed E-state index contributed by atoms with van der Waals surface area (Å²) in [4.78, 5) is 22.8. The van der Waals surface area contributed by atoms with E-state index in [9.17, 15) is 9.59 Å². The predicted molar refractivity (Wildman–Crippen MR) is 71.9 cm³/mol. The van der Waals surface area contributed by atoms with Crippen LogP contribution in [0.1, 0.15) is 42.7 Å². The standard InChI is InChI=1S/C11H18N4O2S/c1-3-5-6-7-8(9(12)16)10(18-15-7)14-11(17)13-4-2/h3-6H2,1-2H3,(H2,12,16)(H2,13,14,17). The van der Waals surface area contributed by atoms with Crippen molar-refractivity contribution in [3.05, 3.63) is 11.3 Å². The Balaban J connectivity index is 2.87. The van der Waals surface area contributed by atoms with Crippen LogP contribution in [0.25, 0.3) is 0 Å². The lowest BCUT2D eigenvalue weighted by atomic mass is 10.1. The fraction of sp³-hybridized carbons (Fsp3) is 0.545. The molecule has 0 aliphatic heterocycles. The number of hydrogen-bond acceptors (Lipinski definition) is 4. The van der Waals surface area contributed by atoms with Crippen molar-refractivity contribution in [2.24, 2.45) is 5.73 Å². The van der Waals surface area contributed by atoms with Gasteiger partial charge < -0.3 is 11.1 Å². The molecule has 6 nitrogen and oxygen atoms in total. The van der Waals surface area contributed by atoms with Crippen molar-refractivity contribution in [1.82, 2.24) is 9.69 Å². The molecule has 1 aromatic rings. The van der Waals surface area contributed by atoms with Gasteiger partial charge in [0.15, 0.2) is 0 Å². The van der Waals surface area contributed by atoms with E-state index in [2.05, 4.69) is 21.9 Å². The molecule has 0 fully saturated rings. The molecule has 0 aliphatic rings. The number of carbonyl (C=O) groups excluding carboxylic acids is 2. The van der Waals surface area contributed by atoms with Gasteiger partial charge in [-0.3, -0.25) is 10.1 Å². The van der Waals surface area contributed by atoms with Crippen LogP contribution in [0.3, 0.4) is 0 Å². The highest BCUT2D eigenvalue weighted by Crippen LogP contribution is 2.25. The number of nitrogens with two attached hydrogens (primary N) is 1. The molecule has 4 N–H and O–H groups in total. The van der Waals surface area contributed by atoms with E-state index in [-0.39, 0.29) is 6.03 Å². The fourth-order valence-electron chi connectivity index (χ4n) is 1.49. The van der Waals surface area contributed by atoms with Gasteiger partial charge in [0.25, 0.3) is 5.91 Å². The van der Waals surface area contributed by atoms with E-state index in [1.54, 1.807) is 0 Å². The lowest BCUT2D eigenvalue weighted by molar-refractivity contribution is 0.100. The number of anilines is 1. The number of hydrogen-bond donors (Lipinski definition) is 3. The summed E-state index contributed by atoms with van der Waals surface area (Å²) in [5.41, 5.74) is 6.34. The number of nitrogens with one attached hydrogen (secondary N) is 2. The number of aromatic nitrogens is 1. The molecule has 1 heterocycles. The first-order chi connectivity index (χ1) is 8.60.